The fourth-order valence-electron chi connectivity index (χ4n) is 4.01. The quantitative estimate of drug-likeness (QED) is 0.897. The Hall–Kier alpha value is -2.61. The maximum atomic E-state index is 12.8. The second kappa shape index (κ2) is 7.19. The van der Waals surface area contributed by atoms with Gasteiger partial charge in [0.05, 0.1) is 5.69 Å². The molecule has 1 aromatic carbocycles. The van der Waals surface area contributed by atoms with Crippen molar-refractivity contribution in [3.05, 3.63) is 30.6 Å². The molecule has 2 atom stereocenters. The minimum atomic E-state index is -0.0272. The van der Waals surface area contributed by atoms with Crippen molar-refractivity contribution in [2.45, 2.75) is 31.3 Å². The average Bonchev–Trinajstić information content (AvgIpc) is 3.21. The number of likely N-dealkylation sites (tertiary alicyclic amines) is 1. The van der Waals surface area contributed by atoms with E-state index in [1.165, 1.54) is 12.8 Å². The van der Waals surface area contributed by atoms with Gasteiger partial charge in [-0.25, -0.2) is 9.48 Å². The topological polar surface area (TPSA) is 69.5 Å². The maximum Gasteiger partial charge on any atom is 0.321 e. The average molecular weight is 369 g/mol. The molecule has 2 aromatic rings. The van der Waals surface area contributed by atoms with Crippen LogP contribution in [0.4, 0.5) is 16.4 Å². The molecule has 0 aliphatic carbocycles. The lowest BCUT2D eigenvalue weighted by Crippen LogP contribution is -2.41. The van der Waals surface area contributed by atoms with Crippen LogP contribution in [0.15, 0.2) is 30.6 Å². The monoisotopic (exact) mass is 369 g/mol. The summed E-state index contributed by atoms with van der Waals surface area (Å²) in [4.78, 5) is 23.3. The molecule has 1 N–H and O–H groups in total. The number of likely N-dealkylation sites (N-methyl/N-ethyl adjacent to an activating group) is 1. The Balaban J connectivity index is 1.45. The molecular weight excluding hydrogens is 342 g/mol. The Morgan fingerprint density at radius 2 is 2.04 bits per heavy atom. The number of hydrogen-bond acceptors (Lipinski definition) is 5. The Bertz CT molecular complexity index is 818. The van der Waals surface area contributed by atoms with Gasteiger partial charge in [-0.2, -0.15) is 4.98 Å². The molecule has 0 unspecified atom stereocenters. The first kappa shape index (κ1) is 17.8. The molecule has 2 saturated heterocycles. The van der Waals surface area contributed by atoms with E-state index in [0.29, 0.717) is 18.0 Å². The molecule has 27 heavy (non-hydrogen) atoms. The van der Waals surface area contributed by atoms with Crippen molar-refractivity contribution in [1.29, 1.82) is 0 Å². The molecule has 2 amide bonds. The molecule has 2 aliphatic heterocycles. The number of anilines is 2. The van der Waals surface area contributed by atoms with Crippen LogP contribution >= 0.6 is 0 Å². The fraction of sp³-hybridized carbons (Fsp3) is 0.526. The second-order valence-corrected chi connectivity index (χ2v) is 7.65. The summed E-state index contributed by atoms with van der Waals surface area (Å²) in [6, 6.07) is 8.76. The minimum Gasteiger partial charge on any atom is -0.346 e. The molecule has 2 aliphatic rings. The van der Waals surface area contributed by atoms with Crippen molar-refractivity contribution in [2.75, 3.05) is 44.4 Å². The van der Waals surface area contributed by atoms with Crippen LogP contribution in [0.1, 0.15) is 19.3 Å². The minimum absolute atomic E-state index is 0.0272. The molecule has 8 heteroatoms. The largest absolute Gasteiger partial charge is 0.346 e. The number of aromatic nitrogens is 3. The third kappa shape index (κ3) is 3.62. The van der Waals surface area contributed by atoms with Gasteiger partial charge in [0.15, 0.2) is 0 Å². The van der Waals surface area contributed by atoms with E-state index >= 15 is 0 Å². The van der Waals surface area contributed by atoms with Gasteiger partial charge in [-0.15, -0.1) is 5.10 Å². The molecule has 2 bridgehead atoms. The Kier molecular flexibility index (Phi) is 4.73. The Labute approximate surface area is 159 Å². The van der Waals surface area contributed by atoms with E-state index in [-0.39, 0.29) is 6.03 Å². The summed E-state index contributed by atoms with van der Waals surface area (Å²) in [5.74, 6) is 0.646. The SMILES string of the molecule is CN(C)c1ncn(-c2cccc(NC(=O)N3CC[C@H]4CC[C@@H](C3)N4C)c2)n1. The number of carbonyl (C=O) groups excluding carboxylic acids is 1. The van der Waals surface area contributed by atoms with Crippen molar-refractivity contribution >= 4 is 17.7 Å². The number of nitrogens with one attached hydrogen (secondary N) is 1. The van der Waals surface area contributed by atoms with Gasteiger partial charge in [-0.3, -0.25) is 4.90 Å². The number of urea groups is 1. The van der Waals surface area contributed by atoms with Crippen LogP contribution in [0.25, 0.3) is 5.69 Å². The number of nitrogens with zero attached hydrogens (tertiary/aromatic N) is 6. The van der Waals surface area contributed by atoms with Crippen molar-refractivity contribution in [3.8, 4) is 5.69 Å². The van der Waals surface area contributed by atoms with E-state index in [4.69, 9.17) is 0 Å². The van der Waals surface area contributed by atoms with Crippen LogP contribution in [-0.2, 0) is 0 Å². The third-order valence-corrected chi connectivity index (χ3v) is 5.68. The second-order valence-electron chi connectivity index (χ2n) is 7.65. The molecule has 0 saturated carbocycles. The highest BCUT2D eigenvalue weighted by Crippen LogP contribution is 2.28. The number of amides is 2. The highest BCUT2D eigenvalue weighted by Gasteiger charge is 2.35. The summed E-state index contributed by atoms with van der Waals surface area (Å²) < 4.78 is 1.71. The van der Waals surface area contributed by atoms with Gasteiger partial charge in [0.25, 0.3) is 0 Å². The fourth-order valence-corrected chi connectivity index (χ4v) is 4.01. The van der Waals surface area contributed by atoms with Crippen molar-refractivity contribution < 1.29 is 4.79 Å². The summed E-state index contributed by atoms with van der Waals surface area (Å²) in [7, 11) is 6.00. The normalized spacial score (nSPS) is 22.6. The number of hydrogen-bond donors (Lipinski definition) is 1. The van der Waals surface area contributed by atoms with Crippen LogP contribution in [0.2, 0.25) is 0 Å². The van der Waals surface area contributed by atoms with E-state index in [9.17, 15) is 4.79 Å². The van der Waals surface area contributed by atoms with E-state index in [0.717, 1.165) is 30.9 Å². The number of carbonyl (C=O) groups is 1. The molecule has 3 heterocycles. The standard InChI is InChI=1S/C19H27N7O/c1-23(2)18-20-13-26(22-18)16-6-4-5-14(11-16)21-19(27)25-10-9-15-7-8-17(12-25)24(15)3/h4-6,11,13,15,17H,7-10,12H2,1-3H3,(H,21,27)/t15-,17+/m1/s1. The molecule has 144 valence electrons. The van der Waals surface area contributed by atoms with Crippen LogP contribution < -0.4 is 10.2 Å². The van der Waals surface area contributed by atoms with Crippen molar-refractivity contribution in [2.24, 2.45) is 0 Å². The zero-order chi connectivity index (χ0) is 19.0. The molecular formula is C19H27N7O. The lowest BCUT2D eigenvalue weighted by Gasteiger charge is -2.26. The zero-order valence-electron chi connectivity index (χ0n) is 16.2. The number of fused-ring (bicyclic) bond motifs is 2. The van der Waals surface area contributed by atoms with E-state index in [1.807, 2.05) is 48.2 Å². The lowest BCUT2D eigenvalue weighted by molar-refractivity contribution is 0.200. The predicted molar refractivity (Wildman–Crippen MR) is 105 cm³/mol. The Morgan fingerprint density at radius 3 is 2.81 bits per heavy atom. The zero-order valence-corrected chi connectivity index (χ0v) is 16.2. The first-order valence-electron chi connectivity index (χ1n) is 9.48. The maximum absolute atomic E-state index is 12.8. The van der Waals surface area contributed by atoms with E-state index < -0.39 is 0 Å². The number of benzene rings is 1. The summed E-state index contributed by atoms with van der Waals surface area (Å²) in [6.45, 7) is 1.61. The first-order chi connectivity index (χ1) is 13.0. The molecule has 1 aromatic heterocycles. The van der Waals surface area contributed by atoms with Crippen LogP contribution in [0.3, 0.4) is 0 Å². The highest BCUT2D eigenvalue weighted by molar-refractivity contribution is 5.89. The number of rotatable bonds is 3. The third-order valence-electron chi connectivity index (χ3n) is 5.68. The first-order valence-corrected chi connectivity index (χ1v) is 9.48. The van der Waals surface area contributed by atoms with Gasteiger partial charge in [-0.1, -0.05) is 6.07 Å². The molecule has 0 spiro atoms. The summed E-state index contributed by atoms with van der Waals surface area (Å²) in [5.41, 5.74) is 1.63. The van der Waals surface area contributed by atoms with E-state index in [2.05, 4.69) is 27.3 Å². The molecule has 4 rings (SSSR count). The van der Waals surface area contributed by atoms with Crippen molar-refractivity contribution in [1.82, 2.24) is 24.6 Å². The van der Waals surface area contributed by atoms with E-state index in [1.54, 1.807) is 11.0 Å². The van der Waals surface area contributed by atoms with Gasteiger partial charge in [0.2, 0.25) is 5.95 Å². The molecule has 0 radical (unpaired) electrons. The summed E-state index contributed by atoms with van der Waals surface area (Å²) in [6.07, 6.45) is 5.16. The summed E-state index contributed by atoms with van der Waals surface area (Å²) >= 11 is 0. The van der Waals surface area contributed by atoms with Crippen molar-refractivity contribution in [3.63, 3.8) is 0 Å². The Morgan fingerprint density at radius 1 is 1.22 bits per heavy atom. The van der Waals surface area contributed by atoms with Gasteiger partial charge < -0.3 is 15.1 Å². The highest BCUT2D eigenvalue weighted by atomic mass is 16.2. The van der Waals surface area contributed by atoms with Crippen LogP contribution in [-0.4, -0.2) is 76.9 Å². The van der Waals surface area contributed by atoms with Gasteiger partial charge in [-0.05, 0) is 44.5 Å². The molecule has 8 nitrogen and oxygen atoms in total. The molecule has 2 fully saturated rings. The summed E-state index contributed by atoms with van der Waals surface area (Å²) in [5, 5.41) is 7.49. The predicted octanol–water partition coefficient (Wildman–Crippen LogP) is 2.03. The van der Waals surface area contributed by atoms with Crippen LogP contribution in [0.5, 0.6) is 0 Å². The van der Waals surface area contributed by atoms with Gasteiger partial charge >= 0.3 is 6.03 Å². The van der Waals surface area contributed by atoms with Crippen LogP contribution in [0, 0.1) is 0 Å². The van der Waals surface area contributed by atoms with Gasteiger partial charge in [0.1, 0.15) is 6.33 Å². The lowest BCUT2D eigenvalue weighted by atomic mass is 10.1. The van der Waals surface area contributed by atoms with Gasteiger partial charge in [0, 0.05) is 45.0 Å². The smallest absolute Gasteiger partial charge is 0.321 e.